The van der Waals surface area contributed by atoms with Crippen LogP contribution in [0.4, 0.5) is 32.0 Å². The number of rotatable bonds is 14. The van der Waals surface area contributed by atoms with E-state index in [0.717, 1.165) is 17.7 Å². The van der Waals surface area contributed by atoms with Crippen molar-refractivity contribution in [3.05, 3.63) is 159 Å². The summed E-state index contributed by atoms with van der Waals surface area (Å²) in [5.41, 5.74) is 1.62. The predicted molar refractivity (Wildman–Crippen MR) is 206 cm³/mol. The minimum absolute atomic E-state index is 0.0782. The Morgan fingerprint density at radius 3 is 1.92 bits per heavy atom. The number of ether oxygens (including phenoxy) is 4. The van der Waals surface area contributed by atoms with E-state index in [-0.39, 0.29) is 65.7 Å². The lowest BCUT2D eigenvalue weighted by atomic mass is 10.1. The number of nitriles is 1. The molecule has 0 saturated heterocycles. The highest BCUT2D eigenvalue weighted by Gasteiger charge is 2.29. The first kappa shape index (κ1) is 45.7. The third-order valence-electron chi connectivity index (χ3n) is 8.04. The highest BCUT2D eigenvalue weighted by Crippen LogP contribution is 2.31. The third-order valence-corrected chi connectivity index (χ3v) is 8.04. The monoisotopic (exact) mass is 833 g/mol. The summed E-state index contributed by atoms with van der Waals surface area (Å²) in [6.45, 7) is 14.4. The Labute approximate surface area is 341 Å². The molecule has 0 spiro atoms. The summed E-state index contributed by atoms with van der Waals surface area (Å²) in [7, 11) is 0. The average Bonchev–Trinajstić information content (AvgIpc) is 3.23. The number of amides is 1. The number of aliphatic hydroxyl groups is 1. The van der Waals surface area contributed by atoms with E-state index in [1.807, 2.05) is 44.2 Å². The number of aliphatic hydroxyl groups excluding tert-OH is 1. The van der Waals surface area contributed by atoms with Gasteiger partial charge in [-0.15, -0.1) is 0 Å². The molecule has 10 nitrogen and oxygen atoms in total. The summed E-state index contributed by atoms with van der Waals surface area (Å²) in [6.07, 6.45) is -0.148. The summed E-state index contributed by atoms with van der Waals surface area (Å²) in [6, 6.07) is 23.1. The van der Waals surface area contributed by atoms with Crippen molar-refractivity contribution in [1.29, 1.82) is 5.26 Å². The summed E-state index contributed by atoms with van der Waals surface area (Å²) < 4.78 is 102. The van der Waals surface area contributed by atoms with Gasteiger partial charge in [0.2, 0.25) is 46.4 Å². The third kappa shape index (κ3) is 12.0. The number of carbonyl (C=O) groups is 2. The fourth-order valence-corrected chi connectivity index (χ4v) is 5.26. The lowest BCUT2D eigenvalue weighted by Gasteiger charge is -2.18. The van der Waals surface area contributed by atoms with E-state index in [9.17, 15) is 41.0 Å². The highest BCUT2D eigenvalue weighted by atomic mass is 19.2. The zero-order valence-corrected chi connectivity index (χ0v) is 32.5. The van der Waals surface area contributed by atoms with Gasteiger partial charge in [0.25, 0.3) is 0 Å². The number of nitrogens with one attached hydrogen (secondary N) is 1. The molecule has 60 heavy (non-hydrogen) atoms. The van der Waals surface area contributed by atoms with Crippen LogP contribution < -0.4 is 24.3 Å². The number of hydrogen-bond acceptors (Lipinski definition) is 8. The molecule has 0 fully saturated rings. The molecule has 0 bridgehead atoms. The Morgan fingerprint density at radius 2 is 1.33 bits per heavy atom. The van der Waals surface area contributed by atoms with Gasteiger partial charge in [-0.2, -0.15) is 14.0 Å². The van der Waals surface area contributed by atoms with Gasteiger partial charge in [-0.1, -0.05) is 36.4 Å². The Hall–Kier alpha value is -7.04. The van der Waals surface area contributed by atoms with E-state index in [2.05, 4.69) is 14.9 Å². The maximum atomic E-state index is 14.5. The second kappa shape index (κ2) is 21.1. The standard InChI is InChI=1S/C27H27FN2O4.C17H10F5NO3/c1-18(2)34-26-12-10-21(15-24(26)29-3)27(32)30-22(16-31)13-20-9-11-25(23(28)14-20)33-17-19-7-5-4-6-8-19;1-7(2)25-10-4-3-8(5-9(10)6-23)17(24)26-16-14(21)12(19)11(18)13(20)15(16)22/h4-12,14-15,18,22,31H,13,16-17H2,1-2H3,(H,30,32);3-5,7H,1-2H3/t22-;/m0./s1. The van der Waals surface area contributed by atoms with Crippen molar-refractivity contribution in [3.8, 4) is 29.1 Å². The Balaban J connectivity index is 0.000000275. The van der Waals surface area contributed by atoms with Crippen LogP contribution in [0.15, 0.2) is 84.9 Å². The summed E-state index contributed by atoms with van der Waals surface area (Å²) in [5, 5.41) is 21.6. The van der Waals surface area contributed by atoms with Crippen molar-refractivity contribution in [1.82, 2.24) is 5.32 Å². The maximum absolute atomic E-state index is 14.5. The molecule has 0 aliphatic carbocycles. The topological polar surface area (TPSA) is 131 Å². The summed E-state index contributed by atoms with van der Waals surface area (Å²) in [5.74, 6) is -14.8. The molecular formula is C44H37F6N3O7. The molecule has 0 aliphatic rings. The number of carbonyl (C=O) groups excluding carboxylic acids is 2. The number of hydrogen-bond donors (Lipinski definition) is 2. The van der Waals surface area contributed by atoms with Gasteiger partial charge < -0.3 is 29.4 Å². The molecule has 312 valence electrons. The maximum Gasteiger partial charge on any atom is 0.343 e. The minimum atomic E-state index is -2.37. The van der Waals surface area contributed by atoms with Gasteiger partial charge in [0.05, 0.1) is 42.6 Å². The van der Waals surface area contributed by atoms with E-state index >= 15 is 0 Å². The van der Waals surface area contributed by atoms with Crippen LogP contribution in [0.5, 0.6) is 23.0 Å². The smallest absolute Gasteiger partial charge is 0.343 e. The normalized spacial score (nSPS) is 11.1. The summed E-state index contributed by atoms with van der Waals surface area (Å²) >= 11 is 0. The molecule has 0 heterocycles. The fourth-order valence-electron chi connectivity index (χ4n) is 5.26. The largest absolute Gasteiger partial charge is 0.502 e. The van der Waals surface area contributed by atoms with Gasteiger partial charge in [0, 0.05) is 5.56 Å². The molecule has 1 atom stereocenters. The second-order valence-corrected chi connectivity index (χ2v) is 13.3. The van der Waals surface area contributed by atoms with Crippen molar-refractivity contribution in [2.24, 2.45) is 0 Å². The van der Waals surface area contributed by atoms with E-state index in [4.69, 9.17) is 26.0 Å². The van der Waals surface area contributed by atoms with Crippen LogP contribution in [0.3, 0.4) is 0 Å². The van der Waals surface area contributed by atoms with E-state index < -0.39 is 58.6 Å². The number of nitrogens with zero attached hydrogens (tertiary/aromatic N) is 2. The quantitative estimate of drug-likeness (QED) is 0.0283. The van der Waals surface area contributed by atoms with Gasteiger partial charge in [0.1, 0.15) is 24.2 Å². The minimum Gasteiger partial charge on any atom is -0.502 e. The van der Waals surface area contributed by atoms with Crippen molar-refractivity contribution < 1.29 is 60.0 Å². The van der Waals surface area contributed by atoms with Crippen LogP contribution in [0.1, 0.15) is 65.1 Å². The molecule has 5 aromatic rings. The highest BCUT2D eigenvalue weighted by molar-refractivity contribution is 5.96. The number of benzene rings is 5. The SMILES string of the molecule is CC(C)Oc1ccc(C(=O)Oc2c(F)c(F)c(F)c(F)c2F)cc1C#N.[C-]#[N+]c1cc(C(=O)N[C@H](CO)Cc2ccc(OCc3ccccc3)c(F)c2)ccc1OC(C)C. The van der Waals surface area contributed by atoms with E-state index in [0.29, 0.717) is 11.3 Å². The van der Waals surface area contributed by atoms with E-state index in [1.165, 1.54) is 18.2 Å². The van der Waals surface area contributed by atoms with Crippen LogP contribution >= 0.6 is 0 Å². The number of halogens is 6. The molecule has 0 aromatic heterocycles. The molecule has 0 aliphatic heterocycles. The lowest BCUT2D eigenvalue weighted by molar-refractivity contribution is 0.0715. The first-order chi connectivity index (χ1) is 28.6. The molecule has 5 rings (SSSR count). The van der Waals surface area contributed by atoms with Crippen LogP contribution in [0.25, 0.3) is 4.85 Å². The van der Waals surface area contributed by atoms with Gasteiger partial charge in [-0.3, -0.25) is 4.79 Å². The summed E-state index contributed by atoms with van der Waals surface area (Å²) in [4.78, 5) is 28.1. The average molecular weight is 834 g/mol. The molecule has 0 radical (unpaired) electrons. The van der Waals surface area contributed by atoms with Gasteiger partial charge >= 0.3 is 5.97 Å². The molecule has 1 amide bonds. The van der Waals surface area contributed by atoms with E-state index in [1.54, 1.807) is 44.2 Å². The van der Waals surface area contributed by atoms with Crippen molar-refractivity contribution in [2.75, 3.05) is 6.61 Å². The van der Waals surface area contributed by atoms with Crippen molar-refractivity contribution in [3.63, 3.8) is 0 Å². The van der Waals surface area contributed by atoms with Crippen LogP contribution in [-0.2, 0) is 13.0 Å². The Morgan fingerprint density at radius 1 is 0.750 bits per heavy atom. The molecule has 5 aromatic carbocycles. The first-order valence-electron chi connectivity index (χ1n) is 18.1. The van der Waals surface area contributed by atoms with Crippen LogP contribution in [0.2, 0.25) is 0 Å². The van der Waals surface area contributed by atoms with Crippen LogP contribution in [0, 0.1) is 52.8 Å². The second-order valence-electron chi connectivity index (χ2n) is 13.3. The molecule has 0 saturated carbocycles. The Bertz CT molecular complexity index is 2390. The zero-order valence-electron chi connectivity index (χ0n) is 32.5. The lowest BCUT2D eigenvalue weighted by Crippen LogP contribution is -2.39. The van der Waals surface area contributed by atoms with Crippen LogP contribution in [-0.4, -0.2) is 41.8 Å². The van der Waals surface area contributed by atoms with Crippen molar-refractivity contribution in [2.45, 2.75) is 59.0 Å². The first-order valence-corrected chi connectivity index (χ1v) is 18.1. The molecule has 2 N–H and O–H groups in total. The van der Waals surface area contributed by atoms with Crippen molar-refractivity contribution >= 4 is 17.6 Å². The number of esters is 1. The predicted octanol–water partition coefficient (Wildman–Crippen LogP) is 9.34. The molecular weight excluding hydrogens is 796 g/mol. The fraction of sp³-hybridized carbons (Fsp3) is 0.227. The molecule has 0 unspecified atom stereocenters. The van der Waals surface area contributed by atoms with Gasteiger partial charge in [-0.25, -0.2) is 27.2 Å². The van der Waals surface area contributed by atoms with Gasteiger partial charge in [0.15, 0.2) is 11.6 Å². The van der Waals surface area contributed by atoms with Gasteiger partial charge in [-0.05, 0) is 93.8 Å². The molecule has 16 heteroatoms. The zero-order chi connectivity index (χ0) is 44.1. The Kier molecular flexibility index (Phi) is 16.1.